The average Bonchev–Trinajstić information content (AvgIpc) is 2.20. The molecular weight excluding hydrogens is 200 g/mol. The monoisotopic (exact) mass is 211 g/mol. The van der Waals surface area contributed by atoms with Gasteiger partial charge in [-0.2, -0.15) is 8.78 Å². The van der Waals surface area contributed by atoms with Crippen molar-refractivity contribution in [1.82, 2.24) is 0 Å². The Balaban J connectivity index is 2.51. The number of halogens is 2. The van der Waals surface area contributed by atoms with Gasteiger partial charge in [-0.15, -0.1) is 5.92 Å². The molecule has 0 amide bonds. The maximum Gasteiger partial charge on any atom is 0.387 e. The largest absolute Gasteiger partial charge is 0.435 e. The smallest absolute Gasteiger partial charge is 0.387 e. The molecule has 0 bridgehead atoms. The van der Waals surface area contributed by atoms with Crippen molar-refractivity contribution in [2.24, 2.45) is 0 Å². The summed E-state index contributed by atoms with van der Waals surface area (Å²) < 4.78 is 27.8. The van der Waals surface area contributed by atoms with E-state index < -0.39 is 6.61 Å². The van der Waals surface area contributed by atoms with E-state index in [9.17, 15) is 8.78 Å². The van der Waals surface area contributed by atoms with Crippen LogP contribution in [0.25, 0.3) is 0 Å². The topological polar surface area (TPSA) is 21.3 Å². The van der Waals surface area contributed by atoms with Crippen LogP contribution in [-0.4, -0.2) is 13.2 Å². The van der Waals surface area contributed by atoms with Crippen LogP contribution in [-0.2, 0) is 0 Å². The zero-order valence-corrected chi connectivity index (χ0v) is 8.26. The third kappa shape index (κ3) is 4.32. The minimum Gasteiger partial charge on any atom is -0.435 e. The van der Waals surface area contributed by atoms with E-state index in [-0.39, 0.29) is 5.75 Å². The Labute approximate surface area is 87.2 Å². The fourth-order valence-electron chi connectivity index (χ4n) is 0.989. The van der Waals surface area contributed by atoms with Crippen molar-refractivity contribution in [2.75, 3.05) is 11.9 Å². The van der Waals surface area contributed by atoms with Crippen molar-refractivity contribution < 1.29 is 13.5 Å². The number of hydrogen-bond donors (Lipinski definition) is 1. The summed E-state index contributed by atoms with van der Waals surface area (Å²) in [5, 5.41) is 3.01. The number of benzene rings is 1. The first-order valence-corrected chi connectivity index (χ1v) is 4.40. The molecule has 0 saturated carbocycles. The first-order chi connectivity index (χ1) is 7.22. The number of anilines is 1. The first-order valence-electron chi connectivity index (χ1n) is 4.40. The van der Waals surface area contributed by atoms with Gasteiger partial charge in [-0.1, -0.05) is 5.92 Å². The van der Waals surface area contributed by atoms with E-state index in [2.05, 4.69) is 21.9 Å². The maximum atomic E-state index is 11.8. The minimum absolute atomic E-state index is 0.150. The van der Waals surface area contributed by atoms with Gasteiger partial charge in [0.2, 0.25) is 0 Å². The zero-order valence-electron chi connectivity index (χ0n) is 8.26. The second-order valence-electron chi connectivity index (χ2n) is 2.68. The van der Waals surface area contributed by atoms with Crippen molar-refractivity contribution in [1.29, 1.82) is 0 Å². The standard InChI is InChI=1S/C11H11F2NO/c1-2-3-8-14-9-4-6-10(7-5-9)15-11(12)13/h4-7,11,14H,8H2,1H3. The Morgan fingerprint density at radius 2 is 2.00 bits per heavy atom. The lowest BCUT2D eigenvalue weighted by atomic mass is 10.3. The van der Waals surface area contributed by atoms with Gasteiger partial charge in [-0.25, -0.2) is 0 Å². The summed E-state index contributed by atoms with van der Waals surface area (Å²) in [6.45, 7) is -0.498. The van der Waals surface area contributed by atoms with Crippen LogP contribution in [0.5, 0.6) is 5.75 Å². The SMILES string of the molecule is CC#CCNc1ccc(OC(F)F)cc1. The molecular formula is C11H11F2NO. The molecule has 0 spiro atoms. The number of hydrogen-bond acceptors (Lipinski definition) is 2. The lowest BCUT2D eigenvalue weighted by molar-refractivity contribution is -0.0498. The molecule has 1 N–H and O–H groups in total. The molecule has 0 radical (unpaired) electrons. The summed E-state index contributed by atoms with van der Waals surface area (Å²) in [7, 11) is 0. The van der Waals surface area contributed by atoms with Crippen molar-refractivity contribution in [2.45, 2.75) is 13.5 Å². The fourth-order valence-corrected chi connectivity index (χ4v) is 0.989. The van der Waals surface area contributed by atoms with E-state index in [0.29, 0.717) is 6.54 Å². The molecule has 1 aromatic rings. The Kier molecular flexibility index (Phi) is 4.42. The number of ether oxygens (including phenoxy) is 1. The quantitative estimate of drug-likeness (QED) is 0.773. The summed E-state index contributed by atoms with van der Waals surface area (Å²) in [6.07, 6.45) is 0. The Hall–Kier alpha value is -1.76. The molecule has 1 aromatic carbocycles. The summed E-state index contributed by atoms with van der Waals surface area (Å²) in [5.74, 6) is 5.72. The van der Waals surface area contributed by atoms with Crippen LogP contribution in [0.2, 0.25) is 0 Å². The van der Waals surface area contributed by atoms with E-state index in [4.69, 9.17) is 0 Å². The van der Waals surface area contributed by atoms with Gasteiger partial charge < -0.3 is 10.1 Å². The lowest BCUT2D eigenvalue weighted by Crippen LogP contribution is -2.02. The van der Waals surface area contributed by atoms with Gasteiger partial charge >= 0.3 is 6.61 Å². The summed E-state index contributed by atoms with van der Waals surface area (Å²) >= 11 is 0. The molecule has 0 saturated heterocycles. The lowest BCUT2D eigenvalue weighted by Gasteiger charge is -2.05. The van der Waals surface area contributed by atoms with E-state index >= 15 is 0 Å². The van der Waals surface area contributed by atoms with Crippen molar-refractivity contribution in [3.8, 4) is 17.6 Å². The van der Waals surface area contributed by atoms with E-state index in [0.717, 1.165) is 5.69 Å². The van der Waals surface area contributed by atoms with E-state index in [1.54, 1.807) is 19.1 Å². The molecule has 0 heterocycles. The van der Waals surface area contributed by atoms with Gasteiger partial charge in [0.05, 0.1) is 6.54 Å². The fraction of sp³-hybridized carbons (Fsp3) is 0.273. The third-order valence-corrected chi connectivity index (χ3v) is 1.64. The normalized spacial score (nSPS) is 9.33. The molecule has 0 aliphatic heterocycles. The predicted molar refractivity (Wildman–Crippen MR) is 55.0 cm³/mol. The van der Waals surface area contributed by atoms with Gasteiger partial charge in [0.15, 0.2) is 0 Å². The molecule has 2 nitrogen and oxygen atoms in total. The Morgan fingerprint density at radius 3 is 2.53 bits per heavy atom. The molecule has 0 aliphatic rings. The minimum atomic E-state index is -2.78. The van der Waals surface area contributed by atoms with Crippen LogP contribution >= 0.6 is 0 Å². The third-order valence-electron chi connectivity index (χ3n) is 1.64. The molecule has 0 aliphatic carbocycles. The molecule has 4 heteroatoms. The highest BCUT2D eigenvalue weighted by molar-refractivity contribution is 5.47. The van der Waals surface area contributed by atoms with E-state index in [1.165, 1.54) is 12.1 Å². The summed E-state index contributed by atoms with van der Waals surface area (Å²) in [4.78, 5) is 0. The van der Waals surface area contributed by atoms with Gasteiger partial charge in [0.1, 0.15) is 5.75 Å². The average molecular weight is 211 g/mol. The number of alkyl halides is 2. The summed E-state index contributed by atoms with van der Waals surface area (Å²) in [6, 6.07) is 6.28. The van der Waals surface area contributed by atoms with Crippen LogP contribution in [0, 0.1) is 11.8 Å². The van der Waals surface area contributed by atoms with Crippen LogP contribution in [0.4, 0.5) is 14.5 Å². The highest BCUT2D eigenvalue weighted by atomic mass is 19.3. The highest BCUT2D eigenvalue weighted by Crippen LogP contribution is 2.17. The molecule has 0 atom stereocenters. The van der Waals surface area contributed by atoms with Gasteiger partial charge in [0.25, 0.3) is 0 Å². The number of nitrogens with one attached hydrogen (secondary N) is 1. The predicted octanol–water partition coefficient (Wildman–Crippen LogP) is 2.72. The van der Waals surface area contributed by atoms with Gasteiger partial charge in [-0.05, 0) is 31.2 Å². The second kappa shape index (κ2) is 5.86. The van der Waals surface area contributed by atoms with Crippen molar-refractivity contribution in [3.63, 3.8) is 0 Å². The molecule has 0 unspecified atom stereocenters. The molecule has 1 rings (SSSR count). The Bertz CT molecular complexity index is 351. The Morgan fingerprint density at radius 1 is 1.33 bits per heavy atom. The van der Waals surface area contributed by atoms with Crippen LogP contribution in [0.1, 0.15) is 6.92 Å². The maximum absolute atomic E-state index is 11.8. The van der Waals surface area contributed by atoms with Crippen molar-refractivity contribution >= 4 is 5.69 Å². The number of rotatable bonds is 4. The molecule has 15 heavy (non-hydrogen) atoms. The van der Waals surface area contributed by atoms with Crippen LogP contribution < -0.4 is 10.1 Å². The van der Waals surface area contributed by atoms with Crippen molar-refractivity contribution in [3.05, 3.63) is 24.3 Å². The highest BCUT2D eigenvalue weighted by Gasteiger charge is 2.02. The zero-order chi connectivity index (χ0) is 11.1. The van der Waals surface area contributed by atoms with Crippen LogP contribution in [0.15, 0.2) is 24.3 Å². The molecule has 80 valence electrons. The second-order valence-corrected chi connectivity index (χ2v) is 2.68. The van der Waals surface area contributed by atoms with E-state index in [1.807, 2.05) is 0 Å². The molecule has 0 aromatic heterocycles. The van der Waals surface area contributed by atoms with Crippen LogP contribution in [0.3, 0.4) is 0 Å². The molecule has 0 fully saturated rings. The summed E-state index contributed by atoms with van der Waals surface area (Å²) in [5.41, 5.74) is 0.819. The van der Waals surface area contributed by atoms with Gasteiger partial charge in [0, 0.05) is 5.69 Å². The first kappa shape index (κ1) is 11.3. The van der Waals surface area contributed by atoms with Gasteiger partial charge in [-0.3, -0.25) is 0 Å².